The number of anilines is 2. The molecule has 1 saturated heterocycles. The molecular formula is C11H12F4N2. The van der Waals surface area contributed by atoms with Crippen LogP contribution in [0.4, 0.5) is 28.9 Å². The topological polar surface area (TPSA) is 29.3 Å². The molecule has 1 fully saturated rings. The minimum Gasteiger partial charge on any atom is -0.399 e. The molecular weight excluding hydrogens is 236 g/mol. The highest BCUT2D eigenvalue weighted by Crippen LogP contribution is 2.33. The van der Waals surface area contributed by atoms with Crippen LogP contribution in [0.15, 0.2) is 18.2 Å². The smallest absolute Gasteiger partial charge is 0.266 e. The van der Waals surface area contributed by atoms with Crippen molar-refractivity contribution < 1.29 is 17.6 Å². The van der Waals surface area contributed by atoms with Crippen molar-refractivity contribution in [1.29, 1.82) is 0 Å². The van der Waals surface area contributed by atoms with Crippen LogP contribution in [-0.2, 0) is 0 Å². The molecule has 2 nitrogen and oxygen atoms in total. The van der Waals surface area contributed by atoms with Crippen LogP contribution in [-0.4, -0.2) is 19.0 Å². The molecule has 0 amide bonds. The van der Waals surface area contributed by atoms with E-state index in [-0.39, 0.29) is 24.2 Å². The fourth-order valence-corrected chi connectivity index (χ4v) is 1.92. The van der Waals surface area contributed by atoms with Gasteiger partial charge in [0.15, 0.2) is 0 Å². The number of hydrogen-bond acceptors (Lipinski definition) is 2. The molecule has 0 bridgehead atoms. The summed E-state index contributed by atoms with van der Waals surface area (Å²) in [6.07, 6.45) is -2.91. The van der Waals surface area contributed by atoms with Gasteiger partial charge in [-0.2, -0.15) is 0 Å². The summed E-state index contributed by atoms with van der Waals surface area (Å²) in [5, 5.41) is 0. The van der Waals surface area contributed by atoms with Crippen molar-refractivity contribution in [2.24, 2.45) is 0 Å². The van der Waals surface area contributed by atoms with Crippen LogP contribution in [0.25, 0.3) is 0 Å². The van der Waals surface area contributed by atoms with Gasteiger partial charge < -0.3 is 10.6 Å². The van der Waals surface area contributed by atoms with Crippen LogP contribution in [0.3, 0.4) is 0 Å². The summed E-state index contributed by atoms with van der Waals surface area (Å²) in [4.78, 5) is 1.38. The minimum atomic E-state index is -2.75. The zero-order valence-electron chi connectivity index (χ0n) is 8.97. The molecule has 1 heterocycles. The van der Waals surface area contributed by atoms with Crippen molar-refractivity contribution in [3.63, 3.8) is 0 Å². The van der Waals surface area contributed by atoms with Gasteiger partial charge in [-0.1, -0.05) is 0 Å². The summed E-state index contributed by atoms with van der Waals surface area (Å²) in [5.74, 6) is -2.75. The highest BCUT2D eigenvalue weighted by Gasteiger charge is 2.38. The van der Waals surface area contributed by atoms with Gasteiger partial charge in [0.25, 0.3) is 12.3 Å². The summed E-state index contributed by atoms with van der Waals surface area (Å²) in [7, 11) is 0. The van der Waals surface area contributed by atoms with Gasteiger partial charge in [-0.25, -0.2) is 17.6 Å². The van der Waals surface area contributed by atoms with E-state index in [9.17, 15) is 17.6 Å². The molecule has 2 rings (SSSR count). The Hall–Kier alpha value is -1.46. The molecule has 1 aliphatic heterocycles. The Kier molecular flexibility index (Phi) is 2.89. The lowest BCUT2D eigenvalue weighted by molar-refractivity contribution is 0.0257. The van der Waals surface area contributed by atoms with E-state index in [1.165, 1.54) is 17.0 Å². The van der Waals surface area contributed by atoms with Crippen molar-refractivity contribution in [1.82, 2.24) is 0 Å². The van der Waals surface area contributed by atoms with Crippen LogP contribution < -0.4 is 10.6 Å². The third kappa shape index (κ3) is 2.62. The number of nitrogen functional groups attached to an aromatic ring is 1. The Morgan fingerprint density at radius 2 is 1.94 bits per heavy atom. The third-order valence-corrected chi connectivity index (χ3v) is 2.75. The quantitative estimate of drug-likeness (QED) is 0.643. The molecule has 1 aromatic rings. The molecule has 1 aliphatic rings. The molecule has 0 radical (unpaired) electrons. The SMILES string of the molecule is Nc1cc(C(F)F)cc(N2CCC(F)(F)C2)c1. The van der Waals surface area contributed by atoms with E-state index in [0.29, 0.717) is 5.69 Å². The zero-order valence-corrected chi connectivity index (χ0v) is 8.97. The van der Waals surface area contributed by atoms with Crippen LogP contribution >= 0.6 is 0 Å². The van der Waals surface area contributed by atoms with E-state index < -0.39 is 18.9 Å². The van der Waals surface area contributed by atoms with Gasteiger partial charge >= 0.3 is 0 Å². The van der Waals surface area contributed by atoms with Crippen LogP contribution in [0.1, 0.15) is 18.4 Å². The second-order valence-electron chi connectivity index (χ2n) is 4.19. The predicted molar refractivity (Wildman–Crippen MR) is 57.6 cm³/mol. The first-order chi connectivity index (χ1) is 7.87. The largest absolute Gasteiger partial charge is 0.399 e. The van der Waals surface area contributed by atoms with E-state index >= 15 is 0 Å². The van der Waals surface area contributed by atoms with Crippen LogP contribution in [0, 0.1) is 0 Å². The summed E-state index contributed by atoms with van der Waals surface area (Å²) in [6, 6.07) is 3.80. The second-order valence-corrected chi connectivity index (χ2v) is 4.19. The maximum atomic E-state index is 13.0. The van der Waals surface area contributed by atoms with Gasteiger partial charge in [-0.3, -0.25) is 0 Å². The van der Waals surface area contributed by atoms with Crippen LogP contribution in [0.2, 0.25) is 0 Å². The molecule has 1 aromatic carbocycles. The Bertz CT molecular complexity index is 420. The maximum absolute atomic E-state index is 13.0. The molecule has 0 spiro atoms. The lowest BCUT2D eigenvalue weighted by atomic mass is 10.1. The molecule has 0 saturated carbocycles. The number of benzene rings is 1. The lowest BCUT2D eigenvalue weighted by Crippen LogP contribution is -2.25. The first kappa shape index (κ1) is 12.0. The monoisotopic (exact) mass is 248 g/mol. The molecule has 17 heavy (non-hydrogen) atoms. The first-order valence-corrected chi connectivity index (χ1v) is 5.19. The van der Waals surface area contributed by atoms with Gasteiger partial charge in [-0.05, 0) is 18.2 Å². The lowest BCUT2D eigenvalue weighted by Gasteiger charge is -2.19. The van der Waals surface area contributed by atoms with E-state index in [1.54, 1.807) is 0 Å². The van der Waals surface area contributed by atoms with Crippen molar-refractivity contribution in [2.45, 2.75) is 18.8 Å². The summed E-state index contributed by atoms with van der Waals surface area (Å²) >= 11 is 0. The summed E-state index contributed by atoms with van der Waals surface area (Å²) in [6.45, 7) is -0.293. The summed E-state index contributed by atoms with van der Waals surface area (Å²) in [5.41, 5.74) is 5.74. The fraction of sp³-hybridized carbons (Fsp3) is 0.455. The Morgan fingerprint density at radius 3 is 2.47 bits per heavy atom. The number of alkyl halides is 4. The van der Waals surface area contributed by atoms with E-state index in [2.05, 4.69) is 0 Å². The maximum Gasteiger partial charge on any atom is 0.266 e. The standard InChI is InChI=1S/C11H12F4N2/c12-10(13)7-3-8(16)5-9(4-7)17-2-1-11(14,15)6-17/h3-5,10H,1-2,6,16H2. The van der Waals surface area contributed by atoms with Gasteiger partial charge in [0, 0.05) is 29.9 Å². The molecule has 0 atom stereocenters. The highest BCUT2D eigenvalue weighted by atomic mass is 19.3. The van der Waals surface area contributed by atoms with Crippen LogP contribution in [0.5, 0.6) is 0 Å². The zero-order chi connectivity index (χ0) is 12.6. The number of hydrogen-bond donors (Lipinski definition) is 1. The van der Waals surface area contributed by atoms with E-state index in [4.69, 9.17) is 5.73 Å². The number of rotatable bonds is 2. The van der Waals surface area contributed by atoms with Gasteiger partial charge in [0.05, 0.1) is 6.54 Å². The number of nitrogens with zero attached hydrogens (tertiary/aromatic N) is 1. The van der Waals surface area contributed by atoms with Crippen molar-refractivity contribution >= 4 is 11.4 Å². The van der Waals surface area contributed by atoms with Crippen molar-refractivity contribution in [3.05, 3.63) is 23.8 Å². The van der Waals surface area contributed by atoms with Crippen molar-refractivity contribution in [3.8, 4) is 0 Å². The average Bonchev–Trinajstić information content (AvgIpc) is 2.58. The average molecular weight is 248 g/mol. The number of nitrogens with two attached hydrogens (primary N) is 1. The van der Waals surface area contributed by atoms with Gasteiger partial charge in [0.2, 0.25) is 0 Å². The van der Waals surface area contributed by atoms with Crippen molar-refractivity contribution in [2.75, 3.05) is 23.7 Å². The fourth-order valence-electron chi connectivity index (χ4n) is 1.92. The normalized spacial score (nSPS) is 19.0. The predicted octanol–water partition coefficient (Wildman–Crippen LogP) is 3.05. The first-order valence-electron chi connectivity index (χ1n) is 5.19. The third-order valence-electron chi connectivity index (χ3n) is 2.75. The summed E-state index contributed by atoms with van der Waals surface area (Å²) < 4.78 is 51.1. The van der Waals surface area contributed by atoms with E-state index in [1.807, 2.05) is 0 Å². The Morgan fingerprint density at radius 1 is 1.24 bits per heavy atom. The molecule has 94 valence electrons. The Labute approximate surface area is 96.0 Å². The molecule has 0 aliphatic carbocycles. The van der Waals surface area contributed by atoms with Gasteiger partial charge in [0.1, 0.15) is 0 Å². The molecule has 0 aromatic heterocycles. The molecule has 0 unspecified atom stereocenters. The highest BCUT2D eigenvalue weighted by molar-refractivity contribution is 5.59. The molecule has 6 heteroatoms. The van der Waals surface area contributed by atoms with Gasteiger partial charge in [-0.15, -0.1) is 0 Å². The van der Waals surface area contributed by atoms with E-state index in [0.717, 1.165) is 6.07 Å². The minimum absolute atomic E-state index is 0.152. The number of halogens is 4. The second kappa shape index (κ2) is 4.09. The molecule has 2 N–H and O–H groups in total. The Balaban J connectivity index is 2.27.